The molecule has 4 N–H and O–H groups in total. The van der Waals surface area contributed by atoms with Crippen molar-refractivity contribution in [2.24, 2.45) is 0 Å². The summed E-state index contributed by atoms with van der Waals surface area (Å²) >= 11 is 0. The monoisotopic (exact) mass is 311 g/mol. The van der Waals surface area contributed by atoms with E-state index in [0.717, 1.165) is 6.08 Å². The predicted octanol–water partition coefficient (Wildman–Crippen LogP) is 0.558. The fourth-order valence-corrected chi connectivity index (χ4v) is 1.81. The molecule has 0 radical (unpaired) electrons. The Labute approximate surface area is 128 Å². The van der Waals surface area contributed by atoms with Gasteiger partial charge in [-0.25, -0.2) is 5.48 Å². The normalized spacial score (nSPS) is 13.8. The smallest absolute Gasteiger partial charge is 0.267 e. The number of rotatable bonds is 9. The van der Waals surface area contributed by atoms with E-state index in [1.807, 2.05) is 0 Å². The quantitative estimate of drug-likeness (QED) is 0.301. The maximum Gasteiger partial charge on any atom is 0.267 e. The second-order valence-corrected chi connectivity index (χ2v) is 4.34. The number of hydrogen-bond donors (Lipinski definition) is 4. The Hall–Kier alpha value is -1.93. The molecule has 2 atom stereocenters. The Bertz CT molecular complexity index is 491. The van der Waals surface area contributed by atoms with E-state index >= 15 is 0 Å². The third-order valence-electron chi connectivity index (χ3n) is 2.78. The highest BCUT2D eigenvalue weighted by Crippen LogP contribution is 2.24. The second kappa shape index (κ2) is 9.91. The minimum absolute atomic E-state index is 0.104. The summed E-state index contributed by atoms with van der Waals surface area (Å²) in [7, 11) is 0. The Kier molecular flexibility index (Phi) is 8.16. The van der Waals surface area contributed by atoms with Gasteiger partial charge in [-0.15, -0.1) is 0 Å². The van der Waals surface area contributed by atoms with Crippen molar-refractivity contribution in [2.45, 2.75) is 19.1 Å². The highest BCUT2D eigenvalue weighted by Gasteiger charge is 2.19. The number of nitrogens with one attached hydrogen (secondary N) is 1. The van der Waals surface area contributed by atoms with Crippen LogP contribution in [0.4, 0.5) is 0 Å². The number of carbonyl (C=O) groups is 1. The number of benzene rings is 1. The number of hydrogen-bond acceptors (Lipinski definition) is 6. The van der Waals surface area contributed by atoms with Crippen molar-refractivity contribution >= 4 is 5.91 Å². The fourth-order valence-electron chi connectivity index (χ4n) is 1.81. The summed E-state index contributed by atoms with van der Waals surface area (Å²) in [5.74, 6) is -0.199. The molecule has 0 fully saturated rings. The van der Waals surface area contributed by atoms with Crippen molar-refractivity contribution in [1.29, 1.82) is 0 Å². The minimum atomic E-state index is -1.01. The largest absolute Gasteiger partial charge is 0.491 e. The lowest BCUT2D eigenvalue weighted by Crippen LogP contribution is -2.22. The van der Waals surface area contributed by atoms with Gasteiger partial charge in [0.1, 0.15) is 24.6 Å². The van der Waals surface area contributed by atoms with Gasteiger partial charge in [0.25, 0.3) is 5.91 Å². The van der Waals surface area contributed by atoms with Crippen molar-refractivity contribution in [3.63, 3.8) is 0 Å². The van der Waals surface area contributed by atoms with Crippen molar-refractivity contribution in [3.05, 3.63) is 42.0 Å². The Balaban J connectivity index is 2.86. The van der Waals surface area contributed by atoms with Crippen LogP contribution in [0.15, 0.2) is 36.4 Å². The number of carbonyl (C=O) groups excluding carboxylic acids is 1. The van der Waals surface area contributed by atoms with Crippen LogP contribution in [0.5, 0.6) is 5.75 Å². The molecule has 1 rings (SSSR count). The summed E-state index contributed by atoms with van der Waals surface area (Å²) in [5, 5.41) is 27.6. The van der Waals surface area contributed by atoms with Gasteiger partial charge in [0.15, 0.2) is 0 Å². The number of aliphatic hydroxyl groups is 2. The van der Waals surface area contributed by atoms with Crippen LogP contribution in [-0.2, 0) is 9.53 Å². The zero-order valence-corrected chi connectivity index (χ0v) is 12.3. The first-order valence-corrected chi connectivity index (χ1v) is 6.88. The Morgan fingerprint density at radius 1 is 1.45 bits per heavy atom. The lowest BCUT2D eigenvalue weighted by molar-refractivity contribution is -0.124. The summed E-state index contributed by atoms with van der Waals surface area (Å²) in [6, 6.07) is 6.74. The molecule has 0 unspecified atom stereocenters. The van der Waals surface area contributed by atoms with Crippen molar-refractivity contribution in [3.8, 4) is 5.75 Å². The number of hydroxylamine groups is 1. The van der Waals surface area contributed by atoms with Crippen LogP contribution in [0.25, 0.3) is 0 Å². The van der Waals surface area contributed by atoms with Crippen LogP contribution >= 0.6 is 0 Å². The van der Waals surface area contributed by atoms with E-state index < -0.39 is 18.1 Å². The van der Waals surface area contributed by atoms with Crippen LogP contribution in [0.1, 0.15) is 18.6 Å². The molecular weight excluding hydrogens is 290 g/mol. The van der Waals surface area contributed by atoms with Crippen molar-refractivity contribution in [2.75, 3.05) is 19.8 Å². The molecule has 7 nitrogen and oxygen atoms in total. The number of aliphatic hydroxyl groups excluding tert-OH is 2. The molecule has 0 heterocycles. The Morgan fingerprint density at radius 2 is 2.23 bits per heavy atom. The third kappa shape index (κ3) is 5.82. The van der Waals surface area contributed by atoms with Gasteiger partial charge in [-0.3, -0.25) is 10.0 Å². The summed E-state index contributed by atoms with van der Waals surface area (Å²) in [6.45, 7) is 2.16. The minimum Gasteiger partial charge on any atom is -0.491 e. The highest BCUT2D eigenvalue weighted by molar-refractivity contribution is 5.86. The lowest BCUT2D eigenvalue weighted by atomic mass is 10.0. The maximum atomic E-state index is 11.0. The van der Waals surface area contributed by atoms with E-state index in [4.69, 9.17) is 19.8 Å². The van der Waals surface area contributed by atoms with Crippen molar-refractivity contribution in [1.82, 2.24) is 5.48 Å². The van der Waals surface area contributed by atoms with Gasteiger partial charge in [0.2, 0.25) is 0 Å². The number of amides is 1. The van der Waals surface area contributed by atoms with Crippen LogP contribution in [0.2, 0.25) is 0 Å². The van der Waals surface area contributed by atoms with Crippen molar-refractivity contribution < 1.29 is 29.7 Å². The molecule has 1 aromatic rings. The molecular formula is C15H21NO6. The van der Waals surface area contributed by atoms with E-state index in [0.29, 0.717) is 17.9 Å². The first-order valence-electron chi connectivity index (χ1n) is 6.88. The zero-order valence-electron chi connectivity index (χ0n) is 12.3. The van der Waals surface area contributed by atoms with Gasteiger partial charge in [-0.05, 0) is 30.7 Å². The van der Waals surface area contributed by atoms with Gasteiger partial charge in [0.05, 0.1) is 6.61 Å². The fraction of sp³-hybridized carbons (Fsp3) is 0.400. The average molecular weight is 311 g/mol. The molecule has 0 spiro atoms. The summed E-state index contributed by atoms with van der Waals surface area (Å²) in [4.78, 5) is 11.0. The predicted molar refractivity (Wildman–Crippen MR) is 78.5 cm³/mol. The lowest BCUT2D eigenvalue weighted by Gasteiger charge is -2.20. The molecule has 1 aromatic carbocycles. The molecule has 7 heteroatoms. The van der Waals surface area contributed by atoms with Gasteiger partial charge in [-0.1, -0.05) is 12.1 Å². The molecule has 0 saturated heterocycles. The third-order valence-corrected chi connectivity index (χ3v) is 2.78. The molecule has 122 valence electrons. The molecule has 0 saturated carbocycles. The SMILES string of the molecule is CCO[C@H](/C=C/C(=O)NO)[C@H](O)c1cccc(OCCO)c1. The topological polar surface area (TPSA) is 108 Å². The standard InChI is InChI=1S/C15H21NO6/c1-2-21-13(6-7-14(18)16-20)15(19)11-4-3-5-12(10-11)22-9-8-17/h3-7,10,13,15,17,19-20H,2,8-9H2,1H3,(H,16,18)/b7-6+/t13-,15-/m1/s1. The van der Waals surface area contributed by atoms with Gasteiger partial charge in [0, 0.05) is 12.7 Å². The summed E-state index contributed by atoms with van der Waals surface area (Å²) < 4.78 is 10.7. The highest BCUT2D eigenvalue weighted by atomic mass is 16.5. The van der Waals surface area contributed by atoms with E-state index in [2.05, 4.69) is 0 Å². The second-order valence-electron chi connectivity index (χ2n) is 4.34. The molecule has 0 aliphatic rings. The summed E-state index contributed by atoms with van der Waals surface area (Å²) in [5.41, 5.74) is 2.01. The molecule has 0 aliphatic carbocycles. The van der Waals surface area contributed by atoms with E-state index in [-0.39, 0.29) is 13.2 Å². The molecule has 0 aliphatic heterocycles. The van der Waals surface area contributed by atoms with Gasteiger partial charge in [-0.2, -0.15) is 0 Å². The van der Waals surface area contributed by atoms with Crippen LogP contribution in [0.3, 0.4) is 0 Å². The van der Waals surface area contributed by atoms with Crippen LogP contribution in [-0.4, -0.2) is 47.3 Å². The van der Waals surface area contributed by atoms with Crippen LogP contribution in [0, 0.1) is 0 Å². The first-order chi connectivity index (χ1) is 10.6. The number of ether oxygens (including phenoxy) is 2. The molecule has 1 amide bonds. The maximum absolute atomic E-state index is 11.0. The van der Waals surface area contributed by atoms with Gasteiger partial charge < -0.3 is 19.7 Å². The zero-order chi connectivity index (χ0) is 16.4. The molecule has 0 aromatic heterocycles. The van der Waals surface area contributed by atoms with E-state index in [1.165, 1.54) is 11.6 Å². The average Bonchev–Trinajstić information content (AvgIpc) is 2.56. The molecule has 22 heavy (non-hydrogen) atoms. The van der Waals surface area contributed by atoms with Crippen LogP contribution < -0.4 is 10.2 Å². The first kappa shape index (κ1) is 18.1. The molecule has 0 bridgehead atoms. The van der Waals surface area contributed by atoms with E-state index in [1.54, 1.807) is 31.2 Å². The Morgan fingerprint density at radius 3 is 2.86 bits per heavy atom. The summed E-state index contributed by atoms with van der Waals surface area (Å²) in [6.07, 6.45) is 0.673. The van der Waals surface area contributed by atoms with E-state index in [9.17, 15) is 9.90 Å². The van der Waals surface area contributed by atoms with Gasteiger partial charge >= 0.3 is 0 Å².